The van der Waals surface area contributed by atoms with Crippen LogP contribution in [0, 0.1) is 0 Å². The lowest BCUT2D eigenvalue weighted by Crippen LogP contribution is -2.23. The van der Waals surface area contributed by atoms with E-state index in [0.717, 1.165) is 24.3 Å². The van der Waals surface area contributed by atoms with E-state index in [1.165, 1.54) is 0 Å². The molecule has 1 atom stereocenters. The third-order valence-electron chi connectivity index (χ3n) is 2.88. The molecule has 0 heterocycles. The SMILES string of the molecule is COc1cc(OC)c(OC)cc1CNCCC(C)N. The molecule has 0 aliphatic heterocycles. The van der Waals surface area contributed by atoms with E-state index in [-0.39, 0.29) is 6.04 Å². The van der Waals surface area contributed by atoms with Gasteiger partial charge in [0.1, 0.15) is 5.75 Å². The van der Waals surface area contributed by atoms with Gasteiger partial charge in [0.2, 0.25) is 0 Å². The van der Waals surface area contributed by atoms with E-state index in [9.17, 15) is 0 Å². The van der Waals surface area contributed by atoms with Crippen LogP contribution in [0.25, 0.3) is 0 Å². The van der Waals surface area contributed by atoms with E-state index in [0.29, 0.717) is 18.0 Å². The summed E-state index contributed by atoms with van der Waals surface area (Å²) in [6.45, 7) is 3.57. The summed E-state index contributed by atoms with van der Waals surface area (Å²) < 4.78 is 15.9. The summed E-state index contributed by atoms with van der Waals surface area (Å²) in [4.78, 5) is 0. The molecule has 1 aromatic carbocycles. The molecule has 0 saturated carbocycles. The van der Waals surface area contributed by atoms with Crippen molar-refractivity contribution < 1.29 is 14.2 Å². The summed E-state index contributed by atoms with van der Waals surface area (Å²) in [5, 5.41) is 3.34. The van der Waals surface area contributed by atoms with Crippen LogP contribution in [0.5, 0.6) is 17.2 Å². The topological polar surface area (TPSA) is 65.7 Å². The Morgan fingerprint density at radius 2 is 1.63 bits per heavy atom. The van der Waals surface area contributed by atoms with Crippen LogP contribution >= 0.6 is 0 Å². The van der Waals surface area contributed by atoms with Crippen LogP contribution in [0.3, 0.4) is 0 Å². The van der Waals surface area contributed by atoms with Gasteiger partial charge >= 0.3 is 0 Å². The molecule has 0 aromatic heterocycles. The van der Waals surface area contributed by atoms with Crippen LogP contribution in [-0.2, 0) is 6.54 Å². The van der Waals surface area contributed by atoms with E-state index in [4.69, 9.17) is 19.9 Å². The Balaban J connectivity index is 2.75. The molecule has 108 valence electrons. The first kappa shape index (κ1) is 15.6. The molecule has 1 unspecified atom stereocenters. The second-order valence-corrected chi connectivity index (χ2v) is 4.46. The zero-order chi connectivity index (χ0) is 14.3. The highest BCUT2D eigenvalue weighted by Crippen LogP contribution is 2.34. The van der Waals surface area contributed by atoms with Crippen molar-refractivity contribution in [3.63, 3.8) is 0 Å². The molecule has 0 radical (unpaired) electrons. The lowest BCUT2D eigenvalue weighted by Gasteiger charge is -2.15. The molecule has 1 aromatic rings. The average molecular weight is 268 g/mol. The maximum absolute atomic E-state index is 5.71. The number of nitrogens with one attached hydrogen (secondary N) is 1. The van der Waals surface area contributed by atoms with E-state index in [1.807, 2.05) is 19.1 Å². The van der Waals surface area contributed by atoms with Gasteiger partial charge in [-0.1, -0.05) is 0 Å². The number of hydrogen-bond acceptors (Lipinski definition) is 5. The number of rotatable bonds is 8. The molecule has 0 amide bonds. The Labute approximate surface area is 115 Å². The van der Waals surface area contributed by atoms with Crippen molar-refractivity contribution in [3.05, 3.63) is 17.7 Å². The minimum absolute atomic E-state index is 0.208. The first-order valence-electron chi connectivity index (χ1n) is 6.37. The normalized spacial score (nSPS) is 12.1. The second kappa shape index (κ2) is 7.86. The number of ether oxygens (including phenoxy) is 3. The fourth-order valence-corrected chi connectivity index (χ4v) is 1.78. The quantitative estimate of drug-likeness (QED) is 0.700. The Kier molecular flexibility index (Phi) is 6.45. The van der Waals surface area contributed by atoms with Gasteiger partial charge in [-0.25, -0.2) is 0 Å². The van der Waals surface area contributed by atoms with Gasteiger partial charge in [-0.2, -0.15) is 0 Å². The van der Waals surface area contributed by atoms with Gasteiger partial charge in [0.25, 0.3) is 0 Å². The average Bonchev–Trinajstić information content (AvgIpc) is 2.42. The fraction of sp³-hybridized carbons (Fsp3) is 0.571. The predicted octanol–water partition coefficient (Wildman–Crippen LogP) is 1.54. The van der Waals surface area contributed by atoms with Crippen LogP contribution in [0.1, 0.15) is 18.9 Å². The van der Waals surface area contributed by atoms with Crippen molar-refractivity contribution in [2.75, 3.05) is 27.9 Å². The third-order valence-corrected chi connectivity index (χ3v) is 2.88. The van der Waals surface area contributed by atoms with Crippen molar-refractivity contribution >= 4 is 0 Å². The van der Waals surface area contributed by atoms with Crippen LogP contribution < -0.4 is 25.3 Å². The Morgan fingerprint density at radius 3 is 2.16 bits per heavy atom. The minimum Gasteiger partial charge on any atom is -0.496 e. The molecule has 0 spiro atoms. The molecule has 1 rings (SSSR count). The fourth-order valence-electron chi connectivity index (χ4n) is 1.78. The van der Waals surface area contributed by atoms with Crippen molar-refractivity contribution in [2.45, 2.75) is 25.9 Å². The van der Waals surface area contributed by atoms with E-state index in [1.54, 1.807) is 21.3 Å². The van der Waals surface area contributed by atoms with Crippen molar-refractivity contribution in [1.82, 2.24) is 5.32 Å². The van der Waals surface area contributed by atoms with E-state index < -0.39 is 0 Å². The van der Waals surface area contributed by atoms with Gasteiger partial charge in [-0.15, -0.1) is 0 Å². The van der Waals surface area contributed by atoms with Crippen molar-refractivity contribution in [3.8, 4) is 17.2 Å². The van der Waals surface area contributed by atoms with Crippen LogP contribution in [0.4, 0.5) is 0 Å². The van der Waals surface area contributed by atoms with Gasteiger partial charge in [-0.05, 0) is 26.0 Å². The molecular weight excluding hydrogens is 244 g/mol. The number of methoxy groups -OCH3 is 3. The van der Waals surface area contributed by atoms with Crippen LogP contribution in [0.2, 0.25) is 0 Å². The predicted molar refractivity (Wildman–Crippen MR) is 76.1 cm³/mol. The number of benzene rings is 1. The van der Waals surface area contributed by atoms with E-state index >= 15 is 0 Å². The molecule has 5 nitrogen and oxygen atoms in total. The largest absolute Gasteiger partial charge is 0.496 e. The molecule has 19 heavy (non-hydrogen) atoms. The highest BCUT2D eigenvalue weighted by atomic mass is 16.5. The highest BCUT2D eigenvalue weighted by Gasteiger charge is 2.11. The van der Waals surface area contributed by atoms with Gasteiger partial charge in [-0.3, -0.25) is 0 Å². The maximum Gasteiger partial charge on any atom is 0.164 e. The number of hydrogen-bond donors (Lipinski definition) is 2. The highest BCUT2D eigenvalue weighted by molar-refractivity contribution is 5.50. The molecule has 5 heteroatoms. The standard InChI is InChI=1S/C14H24N2O3/c1-10(15)5-6-16-9-11-7-13(18-3)14(19-4)8-12(11)17-2/h7-8,10,16H,5-6,9,15H2,1-4H3. The van der Waals surface area contributed by atoms with Crippen LogP contribution in [-0.4, -0.2) is 33.9 Å². The van der Waals surface area contributed by atoms with Gasteiger partial charge in [0.05, 0.1) is 21.3 Å². The molecular formula is C14H24N2O3. The van der Waals surface area contributed by atoms with Gasteiger partial charge < -0.3 is 25.3 Å². The van der Waals surface area contributed by atoms with E-state index in [2.05, 4.69) is 5.32 Å². The lowest BCUT2D eigenvalue weighted by atomic mass is 10.1. The minimum atomic E-state index is 0.208. The van der Waals surface area contributed by atoms with Gasteiger partial charge in [0, 0.05) is 24.2 Å². The molecule has 0 aliphatic carbocycles. The molecule has 3 N–H and O–H groups in total. The summed E-state index contributed by atoms with van der Waals surface area (Å²) >= 11 is 0. The molecule has 0 fully saturated rings. The van der Waals surface area contributed by atoms with Crippen molar-refractivity contribution in [2.24, 2.45) is 5.73 Å². The first-order chi connectivity index (χ1) is 9.12. The molecule has 0 aliphatic rings. The zero-order valence-electron chi connectivity index (χ0n) is 12.2. The smallest absolute Gasteiger partial charge is 0.164 e. The van der Waals surface area contributed by atoms with Crippen LogP contribution in [0.15, 0.2) is 12.1 Å². The Hall–Kier alpha value is -1.46. The summed E-state index contributed by atoms with van der Waals surface area (Å²) in [5.41, 5.74) is 6.74. The Bertz CT molecular complexity index is 395. The summed E-state index contributed by atoms with van der Waals surface area (Å²) in [6.07, 6.45) is 0.940. The second-order valence-electron chi connectivity index (χ2n) is 4.46. The number of nitrogens with two attached hydrogens (primary N) is 1. The molecule has 0 bridgehead atoms. The summed E-state index contributed by atoms with van der Waals surface area (Å²) in [6, 6.07) is 3.97. The van der Waals surface area contributed by atoms with Gasteiger partial charge in [0.15, 0.2) is 11.5 Å². The first-order valence-corrected chi connectivity index (χ1v) is 6.37. The monoisotopic (exact) mass is 268 g/mol. The summed E-state index contributed by atoms with van der Waals surface area (Å²) in [7, 11) is 4.88. The zero-order valence-corrected chi connectivity index (χ0v) is 12.2. The lowest BCUT2D eigenvalue weighted by molar-refractivity contribution is 0.347. The maximum atomic E-state index is 5.71. The van der Waals surface area contributed by atoms with Crippen molar-refractivity contribution in [1.29, 1.82) is 0 Å². The summed E-state index contributed by atoms with van der Waals surface area (Å²) in [5.74, 6) is 2.15. The molecule has 0 saturated heterocycles. The third kappa shape index (κ3) is 4.61. The Morgan fingerprint density at radius 1 is 1.05 bits per heavy atom.